The van der Waals surface area contributed by atoms with Crippen molar-refractivity contribution < 1.29 is 5.11 Å². The monoisotopic (exact) mass is 347 g/mol. The second kappa shape index (κ2) is 6.67. The number of rotatable bonds is 3. The molecule has 6 heteroatoms. The summed E-state index contributed by atoms with van der Waals surface area (Å²) in [6.45, 7) is 5.26. The largest absolute Gasteiger partial charge is 0.385 e. The van der Waals surface area contributed by atoms with Crippen molar-refractivity contribution in [1.82, 2.24) is 14.9 Å². The van der Waals surface area contributed by atoms with Crippen LogP contribution in [-0.2, 0) is 5.60 Å². The summed E-state index contributed by atoms with van der Waals surface area (Å²) in [5, 5.41) is 11.6. The van der Waals surface area contributed by atoms with Gasteiger partial charge in [0.15, 0.2) is 0 Å². The lowest BCUT2D eigenvalue weighted by Crippen LogP contribution is -2.44. The van der Waals surface area contributed by atoms with Crippen molar-refractivity contribution in [3.63, 3.8) is 0 Å². The number of H-pyrrole nitrogens is 1. The number of piperidine rings is 1. The fourth-order valence-corrected chi connectivity index (χ4v) is 3.67. The van der Waals surface area contributed by atoms with Crippen LogP contribution in [0.1, 0.15) is 42.9 Å². The van der Waals surface area contributed by atoms with E-state index in [4.69, 9.17) is 11.6 Å². The van der Waals surface area contributed by atoms with Crippen LogP contribution in [0.15, 0.2) is 35.1 Å². The predicted molar refractivity (Wildman–Crippen MR) is 94.2 cm³/mol. The van der Waals surface area contributed by atoms with Crippen molar-refractivity contribution >= 4 is 11.6 Å². The van der Waals surface area contributed by atoms with Gasteiger partial charge in [0.2, 0.25) is 0 Å². The van der Waals surface area contributed by atoms with Gasteiger partial charge in [-0.05, 0) is 32.8 Å². The molecule has 1 aliphatic rings. The predicted octanol–water partition coefficient (Wildman–Crippen LogP) is 2.78. The van der Waals surface area contributed by atoms with Crippen LogP contribution in [0.5, 0.6) is 0 Å². The topological polar surface area (TPSA) is 69.2 Å². The number of hydrogen-bond acceptors (Lipinski definition) is 4. The number of benzene rings is 1. The molecule has 128 valence electrons. The van der Waals surface area contributed by atoms with Gasteiger partial charge < -0.3 is 10.1 Å². The molecule has 1 saturated heterocycles. The summed E-state index contributed by atoms with van der Waals surface area (Å²) in [5.74, 6) is 0.670. The lowest BCUT2D eigenvalue weighted by atomic mass is 9.84. The number of aromatic nitrogens is 2. The van der Waals surface area contributed by atoms with Crippen LogP contribution in [0.3, 0.4) is 0 Å². The van der Waals surface area contributed by atoms with E-state index >= 15 is 0 Å². The molecule has 0 radical (unpaired) electrons. The van der Waals surface area contributed by atoms with Gasteiger partial charge in [-0.25, -0.2) is 4.98 Å². The Morgan fingerprint density at radius 2 is 2.00 bits per heavy atom. The van der Waals surface area contributed by atoms with Crippen LogP contribution in [0.25, 0.3) is 0 Å². The molecule has 1 aromatic heterocycles. The summed E-state index contributed by atoms with van der Waals surface area (Å²) in [6.07, 6.45) is 1.19. The van der Waals surface area contributed by atoms with Crippen molar-refractivity contribution in [1.29, 1.82) is 0 Å². The van der Waals surface area contributed by atoms with Gasteiger partial charge in [0.05, 0.1) is 11.6 Å². The highest BCUT2D eigenvalue weighted by Crippen LogP contribution is 2.38. The van der Waals surface area contributed by atoms with Crippen molar-refractivity contribution in [2.75, 3.05) is 13.1 Å². The van der Waals surface area contributed by atoms with Crippen LogP contribution >= 0.6 is 11.6 Å². The summed E-state index contributed by atoms with van der Waals surface area (Å²) in [4.78, 5) is 21.1. The maximum Gasteiger partial charge on any atom is 0.251 e. The summed E-state index contributed by atoms with van der Waals surface area (Å²) in [5.41, 5.74) is 0.474. The molecule has 0 bridgehead atoms. The minimum Gasteiger partial charge on any atom is -0.385 e. The van der Waals surface area contributed by atoms with E-state index in [9.17, 15) is 9.90 Å². The van der Waals surface area contributed by atoms with E-state index in [1.54, 1.807) is 0 Å². The van der Waals surface area contributed by atoms with Crippen molar-refractivity contribution in [2.24, 2.45) is 0 Å². The van der Waals surface area contributed by atoms with Crippen molar-refractivity contribution in [3.8, 4) is 0 Å². The van der Waals surface area contributed by atoms with E-state index in [2.05, 4.69) is 14.9 Å². The summed E-state index contributed by atoms with van der Waals surface area (Å²) in [7, 11) is 0. The number of aromatic amines is 1. The molecule has 1 aromatic carbocycles. The van der Waals surface area contributed by atoms with E-state index < -0.39 is 5.60 Å². The van der Waals surface area contributed by atoms with E-state index in [0.717, 1.165) is 5.56 Å². The lowest BCUT2D eigenvalue weighted by molar-refractivity contribution is -0.0351. The molecule has 0 spiro atoms. The highest BCUT2D eigenvalue weighted by atomic mass is 35.5. The van der Waals surface area contributed by atoms with E-state index in [1.807, 2.05) is 38.1 Å². The molecule has 2 N–H and O–H groups in total. The average Bonchev–Trinajstić information content (AvgIpc) is 2.54. The van der Waals surface area contributed by atoms with Gasteiger partial charge in [-0.3, -0.25) is 9.69 Å². The fraction of sp³-hybridized carbons (Fsp3) is 0.444. The minimum absolute atomic E-state index is 0.00612. The standard InChI is InChI=1S/C18H22ClN3O2/c1-12-11-16(23)21-17(20-12)13(2)22-9-7-18(24,8-10-22)14-5-3-4-6-15(14)19/h3-6,11,13,24H,7-10H2,1-2H3,(H,20,21,23). The molecule has 5 nitrogen and oxygen atoms in total. The van der Waals surface area contributed by atoms with Crippen molar-refractivity contribution in [3.05, 3.63) is 62.8 Å². The first-order chi connectivity index (χ1) is 11.4. The van der Waals surface area contributed by atoms with Gasteiger partial charge in [0.25, 0.3) is 5.56 Å². The second-order valence-corrected chi connectivity index (χ2v) is 6.90. The molecular formula is C18H22ClN3O2. The quantitative estimate of drug-likeness (QED) is 0.895. The van der Waals surface area contributed by atoms with Gasteiger partial charge in [0, 0.05) is 35.4 Å². The Hall–Kier alpha value is -1.69. The number of nitrogens with zero attached hydrogens (tertiary/aromatic N) is 2. The molecule has 0 amide bonds. The number of halogens is 1. The average molecular weight is 348 g/mol. The maximum atomic E-state index is 11.7. The van der Waals surface area contributed by atoms with Crippen LogP contribution in [0.4, 0.5) is 0 Å². The SMILES string of the molecule is Cc1cc(=O)[nH]c(C(C)N2CCC(O)(c3ccccc3Cl)CC2)n1. The maximum absolute atomic E-state index is 11.7. The highest BCUT2D eigenvalue weighted by molar-refractivity contribution is 6.31. The van der Waals surface area contributed by atoms with Crippen LogP contribution in [-0.4, -0.2) is 33.1 Å². The fourth-order valence-electron chi connectivity index (χ4n) is 3.36. The number of nitrogens with one attached hydrogen (secondary N) is 1. The third-order valence-electron chi connectivity index (χ3n) is 4.83. The zero-order chi connectivity index (χ0) is 17.3. The Morgan fingerprint density at radius 3 is 2.62 bits per heavy atom. The zero-order valence-corrected chi connectivity index (χ0v) is 14.7. The molecule has 0 saturated carbocycles. The number of aliphatic hydroxyl groups is 1. The smallest absolute Gasteiger partial charge is 0.251 e. The molecule has 0 aliphatic carbocycles. The number of hydrogen-bond donors (Lipinski definition) is 2. The first-order valence-electron chi connectivity index (χ1n) is 8.18. The van der Waals surface area contributed by atoms with Gasteiger partial charge in [-0.1, -0.05) is 29.8 Å². The minimum atomic E-state index is -0.901. The third kappa shape index (κ3) is 3.38. The highest BCUT2D eigenvalue weighted by Gasteiger charge is 2.37. The normalized spacial score (nSPS) is 19.2. The van der Waals surface area contributed by atoms with Crippen LogP contribution < -0.4 is 5.56 Å². The summed E-state index contributed by atoms with van der Waals surface area (Å²) in [6, 6.07) is 8.95. The zero-order valence-electron chi connectivity index (χ0n) is 13.9. The molecule has 2 aromatic rings. The van der Waals surface area contributed by atoms with Crippen LogP contribution in [0, 0.1) is 6.92 Å². The third-order valence-corrected chi connectivity index (χ3v) is 5.16. The molecule has 1 atom stereocenters. The van der Waals surface area contributed by atoms with E-state index in [-0.39, 0.29) is 11.6 Å². The second-order valence-electron chi connectivity index (χ2n) is 6.50. The molecule has 3 rings (SSSR count). The molecule has 2 heterocycles. The van der Waals surface area contributed by atoms with Crippen molar-refractivity contribution in [2.45, 2.75) is 38.3 Å². The van der Waals surface area contributed by atoms with Crippen LogP contribution in [0.2, 0.25) is 5.02 Å². The first kappa shape index (κ1) is 17.1. The molecule has 1 fully saturated rings. The van der Waals surface area contributed by atoms with Gasteiger partial charge in [-0.2, -0.15) is 0 Å². The number of likely N-dealkylation sites (tertiary alicyclic amines) is 1. The lowest BCUT2D eigenvalue weighted by Gasteiger charge is -2.41. The van der Waals surface area contributed by atoms with Gasteiger partial charge >= 0.3 is 0 Å². The summed E-state index contributed by atoms with van der Waals surface area (Å²) >= 11 is 6.25. The molecular weight excluding hydrogens is 326 g/mol. The van der Waals surface area contributed by atoms with E-state index in [1.165, 1.54) is 6.07 Å². The van der Waals surface area contributed by atoms with Gasteiger partial charge in [0.1, 0.15) is 5.82 Å². The molecule has 24 heavy (non-hydrogen) atoms. The molecule has 1 unspecified atom stereocenters. The van der Waals surface area contributed by atoms with E-state index in [0.29, 0.717) is 42.5 Å². The molecule has 1 aliphatic heterocycles. The van der Waals surface area contributed by atoms with Gasteiger partial charge in [-0.15, -0.1) is 0 Å². The number of aryl methyl sites for hydroxylation is 1. The Balaban J connectivity index is 1.75. The Kier molecular flexibility index (Phi) is 4.76. The Bertz CT molecular complexity index is 782. The first-order valence-corrected chi connectivity index (χ1v) is 8.56. The Morgan fingerprint density at radius 1 is 1.33 bits per heavy atom. The Labute approximate surface area is 146 Å². The summed E-state index contributed by atoms with van der Waals surface area (Å²) < 4.78 is 0.